The molecule has 1 saturated carbocycles. The van der Waals surface area contributed by atoms with Crippen LogP contribution in [-0.4, -0.2) is 23.5 Å². The van der Waals surface area contributed by atoms with Crippen molar-refractivity contribution in [1.29, 1.82) is 0 Å². The summed E-state index contributed by atoms with van der Waals surface area (Å²) in [4.78, 5) is 14.4. The average Bonchev–Trinajstić information content (AvgIpc) is 3.44. The van der Waals surface area contributed by atoms with E-state index in [4.69, 9.17) is 0 Å². The third-order valence-electron chi connectivity index (χ3n) is 4.83. The van der Waals surface area contributed by atoms with Gasteiger partial charge in [0.15, 0.2) is 0 Å². The van der Waals surface area contributed by atoms with Crippen molar-refractivity contribution in [2.75, 3.05) is 6.54 Å². The van der Waals surface area contributed by atoms with Gasteiger partial charge in [-0.25, -0.2) is 13.6 Å². The number of nitrogens with one attached hydrogen (secondary N) is 1. The predicted molar refractivity (Wildman–Crippen MR) is 97.8 cm³/mol. The van der Waals surface area contributed by atoms with Gasteiger partial charge >= 0.3 is 6.03 Å². The number of benzene rings is 2. The second-order valence-electron chi connectivity index (χ2n) is 7.47. The Bertz CT molecular complexity index is 787. The van der Waals surface area contributed by atoms with Crippen molar-refractivity contribution in [3.8, 4) is 0 Å². The lowest BCUT2D eigenvalue weighted by Gasteiger charge is -2.29. The fourth-order valence-corrected chi connectivity index (χ4v) is 3.07. The van der Waals surface area contributed by atoms with Gasteiger partial charge in [-0.2, -0.15) is 0 Å². The van der Waals surface area contributed by atoms with Gasteiger partial charge in [-0.3, -0.25) is 0 Å². The maximum atomic E-state index is 14.1. The molecule has 0 unspecified atom stereocenters. The van der Waals surface area contributed by atoms with Crippen molar-refractivity contribution >= 4 is 6.03 Å². The zero-order valence-electron chi connectivity index (χ0n) is 15.1. The second kappa shape index (κ2) is 7.44. The number of hydrogen-bond donors (Lipinski definition) is 1. The molecular formula is C21H24F2N2O. The van der Waals surface area contributed by atoms with E-state index in [-0.39, 0.29) is 30.3 Å². The Labute approximate surface area is 153 Å². The first-order valence-corrected chi connectivity index (χ1v) is 8.91. The van der Waals surface area contributed by atoms with Crippen LogP contribution in [-0.2, 0) is 12.0 Å². The van der Waals surface area contributed by atoms with Gasteiger partial charge in [0.25, 0.3) is 0 Å². The molecule has 1 fully saturated rings. The summed E-state index contributed by atoms with van der Waals surface area (Å²) in [6.45, 7) is 4.32. The predicted octanol–water partition coefficient (Wildman–Crippen LogP) is 4.62. The lowest BCUT2D eigenvalue weighted by molar-refractivity contribution is 0.189. The minimum absolute atomic E-state index is 0.145. The van der Waals surface area contributed by atoms with E-state index in [1.807, 2.05) is 13.8 Å². The molecule has 0 atom stereocenters. The maximum absolute atomic E-state index is 14.1. The molecule has 1 aliphatic rings. The average molecular weight is 358 g/mol. The smallest absolute Gasteiger partial charge is 0.317 e. The molecule has 0 spiro atoms. The van der Waals surface area contributed by atoms with E-state index in [2.05, 4.69) is 5.32 Å². The number of amides is 2. The molecule has 2 amide bonds. The normalized spacial score (nSPS) is 14.2. The van der Waals surface area contributed by atoms with E-state index >= 15 is 0 Å². The van der Waals surface area contributed by atoms with E-state index in [1.165, 1.54) is 12.1 Å². The van der Waals surface area contributed by atoms with Gasteiger partial charge in [0.2, 0.25) is 0 Å². The number of rotatable bonds is 6. The van der Waals surface area contributed by atoms with Crippen molar-refractivity contribution in [1.82, 2.24) is 10.2 Å². The van der Waals surface area contributed by atoms with Crippen molar-refractivity contribution in [3.63, 3.8) is 0 Å². The fraction of sp³-hybridized carbons (Fsp3) is 0.381. The highest BCUT2D eigenvalue weighted by Crippen LogP contribution is 2.29. The molecule has 0 aliphatic heterocycles. The van der Waals surface area contributed by atoms with Crippen LogP contribution in [0.1, 0.15) is 37.8 Å². The Morgan fingerprint density at radius 1 is 1.08 bits per heavy atom. The molecule has 5 heteroatoms. The Hall–Kier alpha value is -2.43. The van der Waals surface area contributed by atoms with Crippen molar-refractivity contribution in [2.24, 2.45) is 0 Å². The molecule has 0 heterocycles. The standard InChI is InChI=1S/C21H24F2N2O/c1-21(2,17-8-4-6-10-19(17)23)14-24-20(26)25(16-11-12-16)13-15-7-3-5-9-18(15)22/h3-10,16H,11-14H2,1-2H3,(H,24,26). The highest BCUT2D eigenvalue weighted by atomic mass is 19.1. The quantitative estimate of drug-likeness (QED) is 0.803. The Balaban J connectivity index is 1.67. The van der Waals surface area contributed by atoms with Gasteiger partial charge < -0.3 is 10.2 Å². The number of halogens is 2. The summed E-state index contributed by atoms with van der Waals surface area (Å²) in [5.74, 6) is -0.588. The van der Waals surface area contributed by atoms with Crippen LogP contribution in [0.5, 0.6) is 0 Å². The van der Waals surface area contributed by atoms with Crippen LogP contribution >= 0.6 is 0 Å². The number of hydrogen-bond acceptors (Lipinski definition) is 1. The van der Waals surface area contributed by atoms with Crippen molar-refractivity contribution in [3.05, 3.63) is 71.3 Å². The molecule has 0 bridgehead atoms. The molecule has 138 valence electrons. The van der Waals surface area contributed by atoms with Crippen LogP contribution in [0.4, 0.5) is 13.6 Å². The van der Waals surface area contributed by atoms with E-state index in [9.17, 15) is 13.6 Å². The molecule has 0 saturated heterocycles. The van der Waals surface area contributed by atoms with E-state index in [0.717, 1.165) is 12.8 Å². The molecule has 0 radical (unpaired) electrons. The van der Waals surface area contributed by atoms with Crippen molar-refractivity contribution in [2.45, 2.75) is 44.7 Å². The van der Waals surface area contributed by atoms with Gasteiger partial charge in [-0.15, -0.1) is 0 Å². The zero-order valence-corrected chi connectivity index (χ0v) is 15.1. The van der Waals surface area contributed by atoms with Crippen LogP contribution in [0.3, 0.4) is 0 Å². The SMILES string of the molecule is CC(C)(CNC(=O)N(Cc1ccccc1F)C1CC1)c1ccccc1F. The minimum atomic E-state index is -0.547. The fourth-order valence-electron chi connectivity index (χ4n) is 3.07. The Kier molecular flexibility index (Phi) is 5.25. The van der Waals surface area contributed by atoms with Crippen LogP contribution < -0.4 is 5.32 Å². The molecule has 3 nitrogen and oxygen atoms in total. The number of urea groups is 1. The number of nitrogens with zero attached hydrogens (tertiary/aromatic N) is 1. The molecular weight excluding hydrogens is 334 g/mol. The summed E-state index contributed by atoms with van der Waals surface area (Å²) in [5.41, 5.74) is 0.518. The molecule has 3 rings (SSSR count). The Morgan fingerprint density at radius 3 is 2.31 bits per heavy atom. The maximum Gasteiger partial charge on any atom is 0.317 e. The lowest BCUT2D eigenvalue weighted by Crippen LogP contribution is -2.45. The van der Waals surface area contributed by atoms with Crippen LogP contribution in [0.15, 0.2) is 48.5 Å². The lowest BCUT2D eigenvalue weighted by atomic mass is 9.84. The van der Waals surface area contributed by atoms with Gasteiger partial charge in [-0.1, -0.05) is 50.2 Å². The topological polar surface area (TPSA) is 32.3 Å². The van der Waals surface area contributed by atoms with Crippen LogP contribution in [0.25, 0.3) is 0 Å². The number of carbonyl (C=O) groups is 1. The van der Waals surface area contributed by atoms with Crippen LogP contribution in [0.2, 0.25) is 0 Å². The van der Waals surface area contributed by atoms with Crippen LogP contribution in [0, 0.1) is 11.6 Å². The first-order valence-electron chi connectivity index (χ1n) is 8.91. The number of carbonyl (C=O) groups excluding carboxylic acids is 1. The highest BCUT2D eigenvalue weighted by molar-refractivity contribution is 5.75. The second-order valence-corrected chi connectivity index (χ2v) is 7.47. The van der Waals surface area contributed by atoms with Gasteiger partial charge in [0.1, 0.15) is 11.6 Å². The monoisotopic (exact) mass is 358 g/mol. The summed E-state index contributed by atoms with van der Waals surface area (Å²) in [7, 11) is 0. The minimum Gasteiger partial charge on any atom is -0.337 e. The molecule has 1 N–H and O–H groups in total. The van der Waals surface area contributed by atoms with Gasteiger partial charge in [0, 0.05) is 23.6 Å². The van der Waals surface area contributed by atoms with E-state index in [1.54, 1.807) is 41.3 Å². The summed E-state index contributed by atoms with van der Waals surface area (Å²) in [5, 5.41) is 2.91. The highest BCUT2D eigenvalue weighted by Gasteiger charge is 2.34. The molecule has 26 heavy (non-hydrogen) atoms. The summed E-state index contributed by atoms with van der Waals surface area (Å²) >= 11 is 0. The largest absolute Gasteiger partial charge is 0.337 e. The van der Waals surface area contributed by atoms with Gasteiger partial charge in [-0.05, 0) is 30.5 Å². The summed E-state index contributed by atoms with van der Waals surface area (Å²) in [6, 6.07) is 13.0. The third-order valence-corrected chi connectivity index (χ3v) is 4.83. The summed E-state index contributed by atoms with van der Waals surface area (Å²) in [6.07, 6.45) is 1.86. The molecule has 1 aliphatic carbocycles. The Morgan fingerprint density at radius 2 is 1.69 bits per heavy atom. The van der Waals surface area contributed by atoms with Crippen molar-refractivity contribution < 1.29 is 13.6 Å². The molecule has 2 aromatic rings. The van der Waals surface area contributed by atoms with Gasteiger partial charge in [0.05, 0.1) is 6.54 Å². The molecule has 2 aromatic carbocycles. The third kappa shape index (κ3) is 4.21. The first-order chi connectivity index (χ1) is 12.4. The summed E-state index contributed by atoms with van der Waals surface area (Å²) < 4.78 is 28.0. The first kappa shape index (κ1) is 18.4. The molecule has 0 aromatic heterocycles. The zero-order chi connectivity index (χ0) is 18.7. The van der Waals surface area contributed by atoms with E-state index in [0.29, 0.717) is 17.7 Å². The van der Waals surface area contributed by atoms with E-state index < -0.39 is 5.41 Å².